The highest BCUT2D eigenvalue weighted by molar-refractivity contribution is 5.97. The van der Waals surface area contributed by atoms with E-state index in [-0.39, 0.29) is 5.78 Å². The average Bonchev–Trinajstić information content (AvgIpc) is 2.41. The van der Waals surface area contributed by atoms with Crippen molar-refractivity contribution in [2.75, 3.05) is 0 Å². The zero-order valence-corrected chi connectivity index (χ0v) is 8.52. The van der Waals surface area contributed by atoms with Gasteiger partial charge in [-0.1, -0.05) is 13.3 Å². The van der Waals surface area contributed by atoms with E-state index in [2.05, 4.69) is 6.92 Å². The van der Waals surface area contributed by atoms with E-state index in [4.69, 9.17) is 4.42 Å². The van der Waals surface area contributed by atoms with Crippen molar-refractivity contribution in [2.24, 2.45) is 0 Å². The summed E-state index contributed by atoms with van der Waals surface area (Å²) in [5.41, 5.74) is 0.756. The van der Waals surface area contributed by atoms with Gasteiger partial charge in [-0.25, -0.2) is 0 Å². The van der Waals surface area contributed by atoms with Crippen molar-refractivity contribution in [1.82, 2.24) is 0 Å². The lowest BCUT2D eigenvalue weighted by atomic mass is 10.1. The number of hydrogen-bond donors (Lipinski definition) is 0. The minimum atomic E-state index is 0.205. The third kappa shape index (κ3) is 2.44. The van der Waals surface area contributed by atoms with Crippen LogP contribution in [0.4, 0.5) is 0 Å². The summed E-state index contributed by atoms with van der Waals surface area (Å²) in [6.45, 7) is 5.79. The van der Waals surface area contributed by atoms with Crippen LogP contribution in [-0.2, 0) is 0 Å². The Labute approximate surface area is 78.9 Å². The highest BCUT2D eigenvalue weighted by Gasteiger charge is 2.12. The molecule has 0 aliphatic rings. The molecule has 1 rings (SSSR count). The van der Waals surface area contributed by atoms with E-state index in [1.54, 1.807) is 0 Å². The zero-order chi connectivity index (χ0) is 9.84. The first-order valence-corrected chi connectivity index (χ1v) is 4.75. The quantitative estimate of drug-likeness (QED) is 0.666. The maximum Gasteiger partial charge on any atom is 0.166 e. The fourth-order valence-corrected chi connectivity index (χ4v) is 1.38. The molecule has 1 aromatic heterocycles. The second-order valence-corrected chi connectivity index (χ2v) is 3.35. The highest BCUT2D eigenvalue weighted by atomic mass is 16.3. The predicted molar refractivity (Wildman–Crippen MR) is 52.0 cm³/mol. The number of ketones is 1. The Morgan fingerprint density at radius 3 is 2.62 bits per heavy atom. The average molecular weight is 180 g/mol. The van der Waals surface area contributed by atoms with Gasteiger partial charge in [-0.3, -0.25) is 4.79 Å². The first-order chi connectivity index (χ1) is 6.15. The highest BCUT2D eigenvalue weighted by Crippen LogP contribution is 2.16. The lowest BCUT2D eigenvalue weighted by Crippen LogP contribution is -1.98. The number of Topliss-reactive ketones (excluding diaryl/α,β-unsaturated/α-hetero) is 1. The van der Waals surface area contributed by atoms with Crippen molar-refractivity contribution >= 4 is 5.78 Å². The van der Waals surface area contributed by atoms with E-state index < -0.39 is 0 Å². The summed E-state index contributed by atoms with van der Waals surface area (Å²) in [5, 5.41) is 0. The van der Waals surface area contributed by atoms with Gasteiger partial charge >= 0.3 is 0 Å². The minimum Gasteiger partial charge on any atom is -0.466 e. The first kappa shape index (κ1) is 10.0. The summed E-state index contributed by atoms with van der Waals surface area (Å²) in [5.74, 6) is 1.77. The van der Waals surface area contributed by atoms with Crippen LogP contribution in [0.1, 0.15) is 48.1 Å². The van der Waals surface area contributed by atoms with Crippen LogP contribution < -0.4 is 0 Å². The third-order valence-corrected chi connectivity index (χ3v) is 2.10. The molecule has 1 aromatic rings. The van der Waals surface area contributed by atoms with Crippen LogP contribution in [0.25, 0.3) is 0 Å². The van der Waals surface area contributed by atoms with Gasteiger partial charge in [0.1, 0.15) is 11.5 Å². The molecular formula is C11H16O2. The lowest BCUT2D eigenvalue weighted by molar-refractivity contribution is 0.0978. The Hall–Kier alpha value is -1.05. The van der Waals surface area contributed by atoms with Crippen LogP contribution in [0.5, 0.6) is 0 Å². The molecule has 0 unspecified atom stereocenters. The van der Waals surface area contributed by atoms with E-state index in [1.807, 2.05) is 19.9 Å². The molecular weight excluding hydrogens is 164 g/mol. The molecule has 0 fully saturated rings. The molecule has 0 aliphatic heterocycles. The van der Waals surface area contributed by atoms with Gasteiger partial charge in [-0.15, -0.1) is 0 Å². The van der Waals surface area contributed by atoms with Gasteiger partial charge in [0.25, 0.3) is 0 Å². The largest absolute Gasteiger partial charge is 0.466 e. The summed E-state index contributed by atoms with van der Waals surface area (Å²) in [6, 6.07) is 1.83. The third-order valence-electron chi connectivity index (χ3n) is 2.10. The maximum atomic E-state index is 11.6. The van der Waals surface area contributed by atoms with Crippen LogP contribution in [0, 0.1) is 13.8 Å². The van der Waals surface area contributed by atoms with Crippen LogP contribution in [0.15, 0.2) is 10.5 Å². The van der Waals surface area contributed by atoms with Crippen molar-refractivity contribution in [1.29, 1.82) is 0 Å². The van der Waals surface area contributed by atoms with Crippen LogP contribution >= 0.6 is 0 Å². The number of unbranched alkanes of at least 4 members (excludes halogenated alkanes) is 1. The number of carbonyl (C=O) groups is 1. The number of carbonyl (C=O) groups excluding carboxylic acids is 1. The number of rotatable bonds is 4. The summed E-state index contributed by atoms with van der Waals surface area (Å²) in [7, 11) is 0. The Morgan fingerprint density at radius 1 is 1.46 bits per heavy atom. The summed E-state index contributed by atoms with van der Waals surface area (Å²) in [4.78, 5) is 11.6. The van der Waals surface area contributed by atoms with Gasteiger partial charge in [0.05, 0.1) is 5.56 Å². The molecule has 0 atom stereocenters. The monoisotopic (exact) mass is 180 g/mol. The Kier molecular flexibility index (Phi) is 3.29. The molecule has 0 aromatic carbocycles. The summed E-state index contributed by atoms with van der Waals surface area (Å²) in [6.07, 6.45) is 2.65. The van der Waals surface area contributed by atoms with Gasteiger partial charge in [-0.2, -0.15) is 0 Å². The molecule has 72 valence electrons. The van der Waals surface area contributed by atoms with Crippen molar-refractivity contribution in [3.63, 3.8) is 0 Å². The lowest BCUT2D eigenvalue weighted by Gasteiger charge is -1.96. The fraction of sp³-hybridized carbons (Fsp3) is 0.545. The smallest absolute Gasteiger partial charge is 0.166 e. The summed E-state index contributed by atoms with van der Waals surface area (Å²) >= 11 is 0. The topological polar surface area (TPSA) is 30.2 Å². The normalized spacial score (nSPS) is 10.4. The molecule has 0 spiro atoms. The van der Waals surface area contributed by atoms with Crippen LogP contribution in [0.2, 0.25) is 0 Å². The van der Waals surface area contributed by atoms with Crippen molar-refractivity contribution in [3.8, 4) is 0 Å². The molecule has 2 heteroatoms. The van der Waals surface area contributed by atoms with E-state index in [9.17, 15) is 4.79 Å². The van der Waals surface area contributed by atoms with Crippen molar-refractivity contribution in [3.05, 3.63) is 23.2 Å². The molecule has 0 amide bonds. The Balaban J connectivity index is 2.70. The number of aryl methyl sites for hydroxylation is 2. The minimum absolute atomic E-state index is 0.205. The van der Waals surface area contributed by atoms with Crippen molar-refractivity contribution < 1.29 is 9.21 Å². The second kappa shape index (κ2) is 4.26. The van der Waals surface area contributed by atoms with E-state index in [0.29, 0.717) is 6.42 Å². The van der Waals surface area contributed by atoms with Crippen molar-refractivity contribution in [2.45, 2.75) is 40.0 Å². The summed E-state index contributed by atoms with van der Waals surface area (Å²) < 4.78 is 5.29. The van der Waals surface area contributed by atoms with Gasteiger partial charge in [0.15, 0.2) is 5.78 Å². The molecule has 1 heterocycles. The molecule has 0 bridgehead atoms. The second-order valence-electron chi connectivity index (χ2n) is 3.35. The molecule has 0 N–H and O–H groups in total. The number of hydrogen-bond acceptors (Lipinski definition) is 2. The molecule has 0 aliphatic carbocycles. The molecule has 2 nitrogen and oxygen atoms in total. The van der Waals surface area contributed by atoms with Crippen LogP contribution in [-0.4, -0.2) is 5.78 Å². The Morgan fingerprint density at radius 2 is 2.15 bits per heavy atom. The molecule has 13 heavy (non-hydrogen) atoms. The van der Waals surface area contributed by atoms with Gasteiger partial charge in [-0.05, 0) is 26.3 Å². The maximum absolute atomic E-state index is 11.6. The van der Waals surface area contributed by atoms with Gasteiger partial charge in [0, 0.05) is 6.42 Å². The molecule has 0 saturated carbocycles. The zero-order valence-electron chi connectivity index (χ0n) is 8.52. The number of furan rings is 1. The van der Waals surface area contributed by atoms with Gasteiger partial charge < -0.3 is 4.42 Å². The van der Waals surface area contributed by atoms with E-state index in [0.717, 1.165) is 29.9 Å². The first-order valence-electron chi connectivity index (χ1n) is 4.75. The fourth-order valence-electron chi connectivity index (χ4n) is 1.38. The SMILES string of the molecule is CCCCC(=O)c1cc(C)oc1C. The van der Waals surface area contributed by atoms with E-state index >= 15 is 0 Å². The van der Waals surface area contributed by atoms with Gasteiger partial charge in [0.2, 0.25) is 0 Å². The molecule has 0 saturated heterocycles. The Bertz CT molecular complexity index is 297. The predicted octanol–water partition coefficient (Wildman–Crippen LogP) is 3.27. The standard InChI is InChI=1S/C11H16O2/c1-4-5-6-11(12)10-7-8(2)13-9(10)3/h7H,4-6H2,1-3H3. The molecule has 0 radical (unpaired) electrons. The van der Waals surface area contributed by atoms with Crippen LogP contribution in [0.3, 0.4) is 0 Å². The van der Waals surface area contributed by atoms with E-state index in [1.165, 1.54) is 0 Å².